The van der Waals surface area contributed by atoms with Gasteiger partial charge in [-0.05, 0) is 40.8 Å². The molecule has 58 heavy (non-hydrogen) atoms. The third-order valence-electron chi connectivity index (χ3n) is 11.5. The van der Waals surface area contributed by atoms with Crippen LogP contribution in [0.2, 0.25) is 0 Å². The van der Waals surface area contributed by atoms with Crippen LogP contribution in [0.25, 0.3) is 111 Å². The van der Waals surface area contributed by atoms with Crippen LogP contribution in [0.4, 0.5) is 0 Å². The Balaban J connectivity index is 1.30. The van der Waals surface area contributed by atoms with Crippen LogP contribution in [0.5, 0.6) is 0 Å². The molecule has 12 aromatic rings. The largest absolute Gasteiger partial charge is 0.291 e. The van der Waals surface area contributed by atoms with E-state index in [0.29, 0.717) is 5.95 Å². The lowest BCUT2D eigenvalue weighted by atomic mass is 9.97. The van der Waals surface area contributed by atoms with E-state index < -0.39 is 0 Å². The van der Waals surface area contributed by atoms with Crippen LogP contribution in [-0.2, 0) is 0 Å². The standard InChI is InChI=1S/C53H33N5/c1-5-17-34(18-6-1)38-29-30-42-46(33-38)57(53-54-43-27-15-13-26-41(43)49(56-53)35-19-7-2-8-20-35)45-32-31-40-39-25-14-16-28-44(39)58-51(48(40)47(42)45)50(36-21-9-3-10-22-36)55-52(58)37-23-11-4-12-24-37/h1-33H. The van der Waals surface area contributed by atoms with Crippen molar-refractivity contribution in [3.63, 3.8) is 0 Å². The zero-order chi connectivity index (χ0) is 38.2. The molecule has 5 heteroatoms. The molecular formula is C53H33N5. The van der Waals surface area contributed by atoms with Crippen LogP contribution in [-0.4, -0.2) is 23.9 Å². The Labute approximate surface area is 333 Å². The molecule has 0 aliphatic carbocycles. The molecule has 0 spiro atoms. The number of benzene rings is 8. The van der Waals surface area contributed by atoms with Crippen molar-refractivity contribution >= 4 is 59.9 Å². The molecule has 0 aliphatic heterocycles. The summed E-state index contributed by atoms with van der Waals surface area (Å²) in [5.41, 5.74) is 12.4. The molecule has 0 saturated heterocycles. The third kappa shape index (κ3) is 4.87. The molecule has 0 amide bonds. The number of fused-ring (bicyclic) bond motifs is 11. The smallest absolute Gasteiger partial charge is 0.235 e. The van der Waals surface area contributed by atoms with Crippen LogP contribution in [0.3, 0.4) is 0 Å². The second kappa shape index (κ2) is 12.8. The summed E-state index contributed by atoms with van der Waals surface area (Å²) in [5, 5.41) is 6.75. The topological polar surface area (TPSA) is 48.0 Å². The molecule has 12 rings (SSSR count). The van der Waals surface area contributed by atoms with Crippen molar-refractivity contribution < 1.29 is 0 Å². The second-order valence-electron chi connectivity index (χ2n) is 14.8. The number of nitrogens with zero attached hydrogens (tertiary/aromatic N) is 5. The van der Waals surface area contributed by atoms with Crippen LogP contribution in [0.15, 0.2) is 200 Å². The molecule has 8 aromatic carbocycles. The van der Waals surface area contributed by atoms with Crippen molar-refractivity contribution in [2.45, 2.75) is 0 Å². The van der Waals surface area contributed by atoms with Gasteiger partial charge in [-0.25, -0.2) is 15.0 Å². The molecule has 0 N–H and O–H groups in total. The summed E-state index contributed by atoms with van der Waals surface area (Å²) in [5.74, 6) is 1.53. The van der Waals surface area contributed by atoms with Crippen LogP contribution in [0.1, 0.15) is 0 Å². The van der Waals surface area contributed by atoms with Crippen molar-refractivity contribution in [1.82, 2.24) is 23.9 Å². The average Bonchev–Trinajstić information content (AvgIpc) is 3.87. The van der Waals surface area contributed by atoms with Gasteiger partial charge in [0.2, 0.25) is 5.95 Å². The van der Waals surface area contributed by atoms with Gasteiger partial charge in [0.1, 0.15) is 5.82 Å². The van der Waals surface area contributed by atoms with E-state index in [-0.39, 0.29) is 0 Å². The molecule has 0 bridgehead atoms. The first-order valence-electron chi connectivity index (χ1n) is 19.6. The molecule has 4 aromatic heterocycles. The van der Waals surface area contributed by atoms with Gasteiger partial charge in [-0.1, -0.05) is 176 Å². The SMILES string of the molecule is c1ccc(-c2ccc3c4c5c(ccc4n(-c4nc(-c6ccccc6)c6ccccc6n4)c3c2)c2ccccc2n2c(-c3ccccc3)nc(-c3ccccc3)c52)cc1. The van der Waals surface area contributed by atoms with E-state index in [1.807, 2.05) is 6.07 Å². The monoisotopic (exact) mass is 739 g/mol. The van der Waals surface area contributed by atoms with Crippen molar-refractivity contribution in [2.24, 2.45) is 0 Å². The maximum atomic E-state index is 5.55. The summed E-state index contributed by atoms with van der Waals surface area (Å²) in [6, 6.07) is 70.6. The Morgan fingerprint density at radius 1 is 0.328 bits per heavy atom. The van der Waals surface area contributed by atoms with E-state index in [2.05, 4.69) is 203 Å². The average molecular weight is 740 g/mol. The van der Waals surface area contributed by atoms with Crippen molar-refractivity contribution in [1.29, 1.82) is 0 Å². The molecule has 5 nitrogen and oxygen atoms in total. The Kier molecular flexibility index (Phi) is 7.16. The number of para-hydroxylation sites is 2. The molecular weight excluding hydrogens is 707 g/mol. The van der Waals surface area contributed by atoms with Gasteiger partial charge in [0.25, 0.3) is 0 Å². The number of rotatable bonds is 5. The zero-order valence-corrected chi connectivity index (χ0v) is 31.3. The first kappa shape index (κ1) is 32.4. The lowest BCUT2D eigenvalue weighted by Crippen LogP contribution is -2.03. The number of hydrogen-bond donors (Lipinski definition) is 0. The minimum Gasteiger partial charge on any atom is -0.291 e. The van der Waals surface area contributed by atoms with Crippen LogP contribution in [0, 0.1) is 0 Å². The van der Waals surface area contributed by atoms with E-state index in [1.54, 1.807) is 0 Å². The maximum Gasteiger partial charge on any atom is 0.235 e. The highest BCUT2D eigenvalue weighted by Gasteiger charge is 2.25. The first-order valence-corrected chi connectivity index (χ1v) is 19.6. The number of aromatic nitrogens is 5. The summed E-state index contributed by atoms with van der Waals surface area (Å²) < 4.78 is 4.66. The lowest BCUT2D eigenvalue weighted by molar-refractivity contribution is 1.01. The van der Waals surface area contributed by atoms with Gasteiger partial charge >= 0.3 is 0 Å². The fourth-order valence-corrected chi connectivity index (χ4v) is 8.94. The number of hydrogen-bond acceptors (Lipinski definition) is 3. The zero-order valence-electron chi connectivity index (χ0n) is 31.3. The van der Waals surface area contributed by atoms with Gasteiger partial charge in [0, 0.05) is 43.6 Å². The maximum absolute atomic E-state index is 5.55. The predicted octanol–water partition coefficient (Wildman–Crippen LogP) is 13.3. The minimum absolute atomic E-state index is 0.626. The van der Waals surface area contributed by atoms with Crippen molar-refractivity contribution in [3.05, 3.63) is 200 Å². The van der Waals surface area contributed by atoms with E-state index in [1.165, 1.54) is 5.39 Å². The summed E-state index contributed by atoms with van der Waals surface area (Å²) in [6.45, 7) is 0. The molecule has 0 fully saturated rings. The summed E-state index contributed by atoms with van der Waals surface area (Å²) in [4.78, 5) is 16.3. The summed E-state index contributed by atoms with van der Waals surface area (Å²) in [6.07, 6.45) is 0. The highest BCUT2D eigenvalue weighted by Crippen LogP contribution is 2.45. The lowest BCUT2D eigenvalue weighted by Gasteiger charge is -2.14. The van der Waals surface area contributed by atoms with Crippen molar-refractivity contribution in [2.75, 3.05) is 0 Å². The summed E-state index contributed by atoms with van der Waals surface area (Å²) >= 11 is 0. The van der Waals surface area contributed by atoms with E-state index >= 15 is 0 Å². The first-order chi connectivity index (χ1) is 28.8. The molecule has 0 aliphatic rings. The predicted molar refractivity (Wildman–Crippen MR) is 239 cm³/mol. The normalized spacial score (nSPS) is 11.8. The van der Waals surface area contributed by atoms with Crippen LogP contribution < -0.4 is 0 Å². The Morgan fingerprint density at radius 2 is 0.914 bits per heavy atom. The van der Waals surface area contributed by atoms with Crippen molar-refractivity contribution in [3.8, 4) is 51.0 Å². The van der Waals surface area contributed by atoms with Gasteiger partial charge in [0.15, 0.2) is 0 Å². The fourth-order valence-electron chi connectivity index (χ4n) is 8.94. The second-order valence-corrected chi connectivity index (χ2v) is 14.8. The molecule has 0 unspecified atom stereocenters. The highest BCUT2D eigenvalue weighted by molar-refractivity contribution is 6.31. The van der Waals surface area contributed by atoms with Gasteiger partial charge in [-0.2, -0.15) is 0 Å². The molecule has 0 radical (unpaired) electrons. The van der Waals surface area contributed by atoms with Gasteiger partial charge < -0.3 is 0 Å². The Morgan fingerprint density at radius 3 is 1.64 bits per heavy atom. The fraction of sp³-hybridized carbons (Fsp3) is 0. The Bertz CT molecular complexity index is 3540. The molecule has 0 atom stereocenters. The van der Waals surface area contributed by atoms with Crippen LogP contribution >= 0.6 is 0 Å². The Hall–Kier alpha value is -7.89. The van der Waals surface area contributed by atoms with Gasteiger partial charge in [-0.15, -0.1) is 0 Å². The van der Waals surface area contributed by atoms with E-state index in [0.717, 1.165) is 99.5 Å². The molecule has 0 saturated carbocycles. The third-order valence-corrected chi connectivity index (χ3v) is 11.5. The van der Waals surface area contributed by atoms with Gasteiger partial charge in [0.05, 0.1) is 39.0 Å². The summed E-state index contributed by atoms with van der Waals surface area (Å²) in [7, 11) is 0. The van der Waals surface area contributed by atoms with E-state index in [4.69, 9.17) is 15.0 Å². The van der Waals surface area contributed by atoms with E-state index in [9.17, 15) is 0 Å². The number of imidazole rings is 1. The number of pyridine rings is 1. The quantitative estimate of drug-likeness (QED) is 0.165. The minimum atomic E-state index is 0.626. The van der Waals surface area contributed by atoms with Gasteiger partial charge in [-0.3, -0.25) is 8.97 Å². The highest BCUT2D eigenvalue weighted by atomic mass is 15.2. The molecule has 270 valence electrons. The molecule has 4 heterocycles.